The molecule has 3 aromatic rings. The third-order valence-corrected chi connectivity index (χ3v) is 5.09. The number of nitrogens with one attached hydrogen (secondary N) is 2. The molecule has 2 N–H and O–H groups in total. The lowest BCUT2D eigenvalue weighted by Gasteiger charge is -2.40. The molecule has 1 aliphatic heterocycles. The zero-order valence-corrected chi connectivity index (χ0v) is 16.5. The SMILES string of the molecule is CN1CCN(C(=O)NCc2nc(-c3ccccn3)n[nH]2)C(Cc2ccccc2)C1. The van der Waals surface area contributed by atoms with Gasteiger partial charge in [-0.3, -0.25) is 10.1 Å². The predicted octanol–water partition coefficient (Wildman–Crippen LogP) is 1.93. The van der Waals surface area contributed by atoms with E-state index < -0.39 is 0 Å². The maximum atomic E-state index is 12.9. The molecule has 0 radical (unpaired) electrons. The molecule has 0 spiro atoms. The zero-order chi connectivity index (χ0) is 20.1. The molecule has 0 aliphatic carbocycles. The lowest BCUT2D eigenvalue weighted by molar-refractivity contribution is 0.108. The molecule has 4 rings (SSSR count). The second-order valence-electron chi connectivity index (χ2n) is 7.28. The van der Waals surface area contributed by atoms with Gasteiger partial charge in [0.15, 0.2) is 5.82 Å². The molecule has 0 saturated carbocycles. The molecule has 8 heteroatoms. The Morgan fingerprint density at radius 1 is 1.17 bits per heavy atom. The molecular weight excluding hydrogens is 366 g/mol. The minimum absolute atomic E-state index is 0.0742. The first-order valence-corrected chi connectivity index (χ1v) is 9.78. The molecular formula is C21H25N7O. The first-order valence-electron chi connectivity index (χ1n) is 9.78. The van der Waals surface area contributed by atoms with Gasteiger partial charge in [-0.05, 0) is 31.2 Å². The van der Waals surface area contributed by atoms with Crippen LogP contribution >= 0.6 is 0 Å². The van der Waals surface area contributed by atoms with Crippen molar-refractivity contribution in [2.24, 2.45) is 0 Å². The monoisotopic (exact) mass is 391 g/mol. The van der Waals surface area contributed by atoms with Gasteiger partial charge in [-0.15, -0.1) is 0 Å². The number of urea groups is 1. The van der Waals surface area contributed by atoms with E-state index >= 15 is 0 Å². The van der Waals surface area contributed by atoms with Crippen molar-refractivity contribution in [2.75, 3.05) is 26.7 Å². The fourth-order valence-corrected chi connectivity index (χ4v) is 3.58. The van der Waals surface area contributed by atoms with Crippen LogP contribution in [0, 0.1) is 0 Å². The Bertz CT molecular complexity index is 928. The molecule has 3 heterocycles. The normalized spacial score (nSPS) is 17.3. The summed E-state index contributed by atoms with van der Waals surface area (Å²) in [5.74, 6) is 1.13. The first-order chi connectivity index (χ1) is 14.2. The Morgan fingerprint density at radius 3 is 2.79 bits per heavy atom. The summed E-state index contributed by atoms with van der Waals surface area (Å²) in [5.41, 5.74) is 1.93. The van der Waals surface area contributed by atoms with Crippen LogP contribution in [0.4, 0.5) is 4.79 Å². The van der Waals surface area contributed by atoms with Gasteiger partial charge < -0.3 is 15.1 Å². The van der Waals surface area contributed by atoms with Crippen LogP contribution < -0.4 is 5.32 Å². The van der Waals surface area contributed by atoms with Crippen molar-refractivity contribution in [1.29, 1.82) is 0 Å². The van der Waals surface area contributed by atoms with Crippen molar-refractivity contribution < 1.29 is 4.79 Å². The minimum Gasteiger partial charge on any atom is -0.331 e. The summed E-state index contributed by atoms with van der Waals surface area (Å²) >= 11 is 0. The quantitative estimate of drug-likeness (QED) is 0.694. The molecule has 1 aliphatic rings. The average Bonchev–Trinajstić information content (AvgIpc) is 3.23. The number of aromatic amines is 1. The molecule has 1 unspecified atom stereocenters. The molecule has 2 amide bonds. The van der Waals surface area contributed by atoms with E-state index in [9.17, 15) is 4.79 Å². The molecule has 1 fully saturated rings. The van der Waals surface area contributed by atoms with Crippen molar-refractivity contribution >= 4 is 6.03 Å². The van der Waals surface area contributed by atoms with E-state index in [4.69, 9.17) is 0 Å². The minimum atomic E-state index is -0.0742. The number of hydrogen-bond donors (Lipinski definition) is 2. The first kappa shape index (κ1) is 19.1. The van der Waals surface area contributed by atoms with Gasteiger partial charge in [-0.1, -0.05) is 36.4 Å². The lowest BCUT2D eigenvalue weighted by atomic mass is 10.0. The van der Waals surface area contributed by atoms with Gasteiger partial charge in [0.25, 0.3) is 0 Å². The topological polar surface area (TPSA) is 90.0 Å². The van der Waals surface area contributed by atoms with E-state index in [0.717, 1.165) is 19.5 Å². The highest BCUT2D eigenvalue weighted by Gasteiger charge is 2.29. The summed E-state index contributed by atoms with van der Waals surface area (Å²) in [7, 11) is 2.10. The van der Waals surface area contributed by atoms with Gasteiger partial charge in [0, 0.05) is 25.8 Å². The molecule has 0 bridgehead atoms. The molecule has 29 heavy (non-hydrogen) atoms. The molecule has 8 nitrogen and oxygen atoms in total. The number of nitrogens with zero attached hydrogens (tertiary/aromatic N) is 5. The number of hydrogen-bond acceptors (Lipinski definition) is 5. The van der Waals surface area contributed by atoms with Gasteiger partial charge in [0.1, 0.15) is 11.5 Å². The van der Waals surface area contributed by atoms with E-state index in [1.54, 1.807) is 6.20 Å². The van der Waals surface area contributed by atoms with Crippen molar-refractivity contribution in [1.82, 2.24) is 35.3 Å². The molecule has 1 saturated heterocycles. The largest absolute Gasteiger partial charge is 0.331 e. The van der Waals surface area contributed by atoms with E-state index in [1.807, 2.05) is 41.3 Å². The van der Waals surface area contributed by atoms with E-state index in [-0.39, 0.29) is 12.1 Å². The third-order valence-electron chi connectivity index (χ3n) is 5.09. The van der Waals surface area contributed by atoms with Gasteiger partial charge >= 0.3 is 6.03 Å². The third kappa shape index (κ3) is 4.78. The summed E-state index contributed by atoms with van der Waals surface area (Å²) < 4.78 is 0. The maximum Gasteiger partial charge on any atom is 0.318 e. The number of pyridine rings is 1. The highest BCUT2D eigenvalue weighted by atomic mass is 16.2. The highest BCUT2D eigenvalue weighted by molar-refractivity contribution is 5.74. The molecule has 2 aromatic heterocycles. The zero-order valence-electron chi connectivity index (χ0n) is 16.5. The Morgan fingerprint density at radius 2 is 2.00 bits per heavy atom. The van der Waals surface area contributed by atoms with E-state index in [1.165, 1.54) is 5.56 Å². The maximum absolute atomic E-state index is 12.9. The summed E-state index contributed by atoms with van der Waals surface area (Å²) in [6.07, 6.45) is 2.54. The molecule has 1 atom stereocenters. The second-order valence-corrected chi connectivity index (χ2v) is 7.28. The smallest absolute Gasteiger partial charge is 0.318 e. The van der Waals surface area contributed by atoms with E-state index in [2.05, 4.69) is 49.6 Å². The lowest BCUT2D eigenvalue weighted by Crippen LogP contribution is -2.57. The number of rotatable bonds is 5. The van der Waals surface area contributed by atoms with Crippen LogP contribution in [0.1, 0.15) is 11.4 Å². The number of carbonyl (C=O) groups excluding carboxylic acids is 1. The van der Waals surface area contributed by atoms with Crippen LogP contribution in [0.3, 0.4) is 0 Å². The Kier molecular flexibility index (Phi) is 5.81. The summed E-state index contributed by atoms with van der Waals surface area (Å²) in [4.78, 5) is 25.8. The molecule has 1 aromatic carbocycles. The average molecular weight is 391 g/mol. The van der Waals surface area contributed by atoms with Crippen LogP contribution in [-0.4, -0.2) is 68.7 Å². The Hall–Kier alpha value is -3.26. The second kappa shape index (κ2) is 8.83. The molecule has 150 valence electrons. The number of carbonyl (C=O) groups is 1. The fraction of sp³-hybridized carbons (Fsp3) is 0.333. The predicted molar refractivity (Wildman–Crippen MR) is 110 cm³/mol. The Balaban J connectivity index is 1.38. The number of amides is 2. The highest BCUT2D eigenvalue weighted by Crippen LogP contribution is 2.15. The van der Waals surface area contributed by atoms with Crippen molar-refractivity contribution in [3.8, 4) is 11.5 Å². The summed E-state index contributed by atoms with van der Waals surface area (Å²) in [6, 6.07) is 16.0. The van der Waals surface area contributed by atoms with Crippen LogP contribution in [0.15, 0.2) is 54.7 Å². The van der Waals surface area contributed by atoms with Crippen LogP contribution in [0.25, 0.3) is 11.5 Å². The number of benzene rings is 1. The van der Waals surface area contributed by atoms with Gasteiger partial charge in [0.05, 0.1) is 12.6 Å². The number of aromatic nitrogens is 4. The summed E-state index contributed by atoms with van der Waals surface area (Å²) in [6.45, 7) is 2.72. The van der Waals surface area contributed by atoms with Gasteiger partial charge in [0.2, 0.25) is 0 Å². The Labute approximate surface area is 170 Å². The van der Waals surface area contributed by atoms with Crippen LogP contribution in [0.5, 0.6) is 0 Å². The van der Waals surface area contributed by atoms with Crippen molar-refractivity contribution in [2.45, 2.75) is 19.0 Å². The standard InChI is InChI=1S/C21H25N7O/c1-27-11-12-28(17(15-27)13-16-7-3-2-4-8-16)21(29)23-14-19-24-20(26-25-19)18-9-5-6-10-22-18/h2-10,17H,11-15H2,1H3,(H,23,29)(H,24,25,26). The van der Waals surface area contributed by atoms with Gasteiger partial charge in [-0.25, -0.2) is 9.78 Å². The summed E-state index contributed by atoms with van der Waals surface area (Å²) in [5, 5.41) is 10.0. The van der Waals surface area contributed by atoms with E-state index in [0.29, 0.717) is 30.4 Å². The van der Waals surface area contributed by atoms with Crippen LogP contribution in [-0.2, 0) is 13.0 Å². The van der Waals surface area contributed by atoms with Crippen molar-refractivity contribution in [3.63, 3.8) is 0 Å². The van der Waals surface area contributed by atoms with Gasteiger partial charge in [-0.2, -0.15) is 5.10 Å². The van der Waals surface area contributed by atoms with Crippen LogP contribution in [0.2, 0.25) is 0 Å². The number of H-pyrrole nitrogens is 1. The number of likely N-dealkylation sites (N-methyl/N-ethyl adjacent to an activating group) is 1. The fourth-order valence-electron chi connectivity index (χ4n) is 3.58. The number of piperazine rings is 1. The van der Waals surface area contributed by atoms with Crippen molar-refractivity contribution in [3.05, 3.63) is 66.1 Å².